The van der Waals surface area contributed by atoms with Crippen molar-refractivity contribution in [2.75, 3.05) is 7.11 Å². The maximum absolute atomic E-state index is 11.1. The Kier molecular flexibility index (Phi) is 3.03. The van der Waals surface area contributed by atoms with Gasteiger partial charge in [-0.25, -0.2) is 4.79 Å². The van der Waals surface area contributed by atoms with Gasteiger partial charge >= 0.3 is 5.97 Å². The summed E-state index contributed by atoms with van der Waals surface area (Å²) in [5.74, 6) is 0.108. The maximum atomic E-state index is 11.1. The molecule has 1 aromatic carbocycles. The first-order chi connectivity index (χ1) is 8.45. The smallest absolute Gasteiger partial charge is 0.352 e. The Balaban J connectivity index is 2.84. The minimum Gasteiger partial charge on any atom is -0.496 e. The number of fused-ring (bicyclic) bond motifs is 1. The van der Waals surface area contributed by atoms with E-state index in [0.29, 0.717) is 0 Å². The fourth-order valence-corrected chi connectivity index (χ4v) is 2.31. The average Bonchev–Trinajstić information content (AvgIpc) is 2.73. The highest BCUT2D eigenvalue weighted by molar-refractivity contribution is 5.97. The number of ether oxygens (including phenoxy) is 1. The zero-order valence-electron chi connectivity index (χ0n) is 11.0. The highest BCUT2D eigenvalue weighted by Crippen LogP contribution is 2.36. The number of methoxy groups -OCH3 is 1. The number of aryl methyl sites for hydroxylation is 1. The molecule has 4 nitrogen and oxygen atoms in total. The van der Waals surface area contributed by atoms with Gasteiger partial charge in [-0.05, 0) is 30.5 Å². The van der Waals surface area contributed by atoms with E-state index in [9.17, 15) is 4.79 Å². The molecule has 1 heterocycles. The van der Waals surface area contributed by atoms with Gasteiger partial charge < -0.3 is 14.8 Å². The number of benzene rings is 1. The summed E-state index contributed by atoms with van der Waals surface area (Å²) in [6.45, 7) is 6.08. The van der Waals surface area contributed by atoms with Gasteiger partial charge in [0, 0.05) is 10.9 Å². The molecule has 0 saturated heterocycles. The molecular formula is C14H17NO3. The van der Waals surface area contributed by atoms with Gasteiger partial charge in [0.2, 0.25) is 0 Å². The van der Waals surface area contributed by atoms with Gasteiger partial charge in [-0.2, -0.15) is 0 Å². The molecule has 2 rings (SSSR count). The van der Waals surface area contributed by atoms with Gasteiger partial charge in [0.05, 0.1) is 12.6 Å². The second-order valence-corrected chi connectivity index (χ2v) is 4.74. The predicted molar refractivity (Wildman–Crippen MR) is 70.6 cm³/mol. The van der Waals surface area contributed by atoms with E-state index in [1.807, 2.05) is 13.0 Å². The number of hydrogen-bond acceptors (Lipinski definition) is 2. The Morgan fingerprint density at radius 3 is 2.56 bits per heavy atom. The lowest BCUT2D eigenvalue weighted by molar-refractivity contribution is 0.0691. The molecule has 0 spiro atoms. The van der Waals surface area contributed by atoms with Crippen molar-refractivity contribution in [1.82, 2.24) is 4.98 Å². The Morgan fingerprint density at radius 1 is 1.39 bits per heavy atom. The fourth-order valence-electron chi connectivity index (χ4n) is 2.31. The maximum Gasteiger partial charge on any atom is 0.352 e. The molecule has 0 atom stereocenters. The van der Waals surface area contributed by atoms with Crippen LogP contribution in [0.2, 0.25) is 0 Å². The molecule has 0 bridgehead atoms. The SMILES string of the molecule is COc1cc(C)c2cc(C(=O)O)[nH]c2c1C(C)C. The van der Waals surface area contributed by atoms with E-state index < -0.39 is 5.97 Å². The summed E-state index contributed by atoms with van der Waals surface area (Å²) in [6.07, 6.45) is 0. The molecule has 1 aromatic heterocycles. The van der Waals surface area contributed by atoms with Gasteiger partial charge in [0.25, 0.3) is 0 Å². The first-order valence-electron chi connectivity index (χ1n) is 5.89. The van der Waals surface area contributed by atoms with E-state index in [-0.39, 0.29) is 11.6 Å². The molecule has 4 heteroatoms. The molecule has 0 aliphatic heterocycles. The highest BCUT2D eigenvalue weighted by Gasteiger charge is 2.18. The third-order valence-electron chi connectivity index (χ3n) is 3.15. The van der Waals surface area contributed by atoms with Gasteiger partial charge in [0.1, 0.15) is 11.4 Å². The van der Waals surface area contributed by atoms with Gasteiger partial charge in [-0.1, -0.05) is 13.8 Å². The van der Waals surface area contributed by atoms with Crippen molar-refractivity contribution >= 4 is 16.9 Å². The van der Waals surface area contributed by atoms with Crippen LogP contribution in [0.15, 0.2) is 12.1 Å². The van der Waals surface area contributed by atoms with Gasteiger partial charge in [0.15, 0.2) is 0 Å². The van der Waals surface area contributed by atoms with E-state index in [4.69, 9.17) is 9.84 Å². The van der Waals surface area contributed by atoms with E-state index in [2.05, 4.69) is 18.8 Å². The first kappa shape index (κ1) is 12.5. The monoisotopic (exact) mass is 247 g/mol. The number of H-pyrrole nitrogens is 1. The standard InChI is InChI=1S/C14H17NO3/c1-7(2)12-11(18-4)5-8(3)9-6-10(14(16)17)15-13(9)12/h5-7,15H,1-4H3,(H,16,17). The summed E-state index contributed by atoms with van der Waals surface area (Å²) in [6, 6.07) is 3.63. The molecule has 2 aromatic rings. The van der Waals surface area contributed by atoms with Crippen molar-refractivity contribution in [3.8, 4) is 5.75 Å². The number of hydrogen-bond donors (Lipinski definition) is 2. The van der Waals surface area contributed by atoms with E-state index in [0.717, 1.165) is 27.8 Å². The topological polar surface area (TPSA) is 62.3 Å². The quantitative estimate of drug-likeness (QED) is 0.874. The molecule has 0 amide bonds. The number of rotatable bonds is 3. The van der Waals surface area contributed by atoms with Crippen LogP contribution in [0.25, 0.3) is 10.9 Å². The Hall–Kier alpha value is -1.97. The summed E-state index contributed by atoms with van der Waals surface area (Å²) in [7, 11) is 1.63. The van der Waals surface area contributed by atoms with Crippen molar-refractivity contribution in [3.05, 3.63) is 29.0 Å². The Bertz CT molecular complexity index is 611. The van der Waals surface area contributed by atoms with Crippen LogP contribution in [0.1, 0.15) is 41.4 Å². The van der Waals surface area contributed by atoms with Crippen LogP contribution in [0, 0.1) is 6.92 Å². The number of aromatic nitrogens is 1. The molecular weight excluding hydrogens is 230 g/mol. The van der Waals surface area contributed by atoms with Crippen LogP contribution in [-0.4, -0.2) is 23.2 Å². The average molecular weight is 247 g/mol. The van der Waals surface area contributed by atoms with Crippen molar-refractivity contribution < 1.29 is 14.6 Å². The van der Waals surface area contributed by atoms with Crippen LogP contribution in [0.4, 0.5) is 0 Å². The first-order valence-corrected chi connectivity index (χ1v) is 5.89. The summed E-state index contributed by atoms with van der Waals surface area (Å²) in [5, 5.41) is 10.0. The van der Waals surface area contributed by atoms with Crippen molar-refractivity contribution in [2.24, 2.45) is 0 Å². The van der Waals surface area contributed by atoms with Crippen LogP contribution >= 0.6 is 0 Å². The number of aromatic carboxylic acids is 1. The van der Waals surface area contributed by atoms with E-state index in [1.165, 1.54) is 0 Å². The van der Waals surface area contributed by atoms with Crippen molar-refractivity contribution in [2.45, 2.75) is 26.7 Å². The Morgan fingerprint density at radius 2 is 2.06 bits per heavy atom. The van der Waals surface area contributed by atoms with Crippen LogP contribution in [0.3, 0.4) is 0 Å². The van der Waals surface area contributed by atoms with E-state index in [1.54, 1.807) is 13.2 Å². The molecule has 0 fully saturated rings. The molecule has 0 radical (unpaired) electrons. The lowest BCUT2D eigenvalue weighted by Gasteiger charge is -2.14. The summed E-state index contributed by atoms with van der Waals surface area (Å²) < 4.78 is 5.40. The third-order valence-corrected chi connectivity index (χ3v) is 3.15. The second-order valence-electron chi connectivity index (χ2n) is 4.74. The molecule has 2 N–H and O–H groups in total. The lowest BCUT2D eigenvalue weighted by Crippen LogP contribution is -1.98. The number of aromatic amines is 1. The number of carboxylic acid groups (broad SMARTS) is 1. The summed E-state index contributed by atoms with van der Waals surface area (Å²) >= 11 is 0. The van der Waals surface area contributed by atoms with Crippen LogP contribution < -0.4 is 4.74 Å². The molecule has 0 unspecified atom stereocenters. The second kappa shape index (κ2) is 4.37. The van der Waals surface area contributed by atoms with Crippen LogP contribution in [0.5, 0.6) is 5.75 Å². The summed E-state index contributed by atoms with van der Waals surface area (Å²) in [5.41, 5.74) is 3.10. The summed E-state index contributed by atoms with van der Waals surface area (Å²) in [4.78, 5) is 14.0. The highest BCUT2D eigenvalue weighted by atomic mass is 16.5. The van der Waals surface area contributed by atoms with Crippen molar-refractivity contribution in [1.29, 1.82) is 0 Å². The molecule has 0 aliphatic carbocycles. The minimum atomic E-state index is -0.945. The predicted octanol–water partition coefficient (Wildman–Crippen LogP) is 3.31. The number of carbonyl (C=O) groups is 1. The molecule has 96 valence electrons. The minimum absolute atomic E-state index is 0.211. The largest absolute Gasteiger partial charge is 0.496 e. The van der Waals surface area contributed by atoms with Crippen molar-refractivity contribution in [3.63, 3.8) is 0 Å². The van der Waals surface area contributed by atoms with E-state index >= 15 is 0 Å². The van der Waals surface area contributed by atoms with Gasteiger partial charge in [-0.15, -0.1) is 0 Å². The normalized spacial score (nSPS) is 11.2. The number of carboxylic acids is 1. The Labute approximate surface area is 106 Å². The van der Waals surface area contributed by atoms with Gasteiger partial charge in [-0.3, -0.25) is 0 Å². The lowest BCUT2D eigenvalue weighted by atomic mass is 9.97. The molecule has 0 aliphatic rings. The fraction of sp³-hybridized carbons (Fsp3) is 0.357. The zero-order chi connectivity index (χ0) is 13.4. The zero-order valence-corrected chi connectivity index (χ0v) is 11.0. The number of nitrogens with one attached hydrogen (secondary N) is 1. The molecule has 18 heavy (non-hydrogen) atoms. The van der Waals surface area contributed by atoms with Crippen LogP contribution in [-0.2, 0) is 0 Å². The third kappa shape index (κ3) is 1.83. The molecule has 0 saturated carbocycles.